The number of ether oxygens (including phenoxy) is 2. The minimum absolute atomic E-state index is 0.320. The molecule has 0 spiro atoms. The lowest BCUT2D eigenvalue weighted by atomic mass is 10.2. The smallest absolute Gasteiger partial charge is 0.275 e. The lowest BCUT2D eigenvalue weighted by Gasteiger charge is -2.06. The van der Waals surface area contributed by atoms with Gasteiger partial charge in [0.1, 0.15) is 11.5 Å². The van der Waals surface area contributed by atoms with E-state index in [2.05, 4.69) is 10.5 Å². The molecule has 114 valence electrons. The Morgan fingerprint density at radius 1 is 1.18 bits per heavy atom. The van der Waals surface area contributed by atoms with E-state index < -0.39 is 0 Å². The summed E-state index contributed by atoms with van der Waals surface area (Å²) in [4.78, 5) is 12.0. The van der Waals surface area contributed by atoms with E-state index in [1.54, 1.807) is 30.5 Å². The number of carbonyl (C=O) groups excluding carboxylic acids is 1. The summed E-state index contributed by atoms with van der Waals surface area (Å²) in [6.07, 6.45) is 1.57. The third-order valence-electron chi connectivity index (χ3n) is 2.92. The number of carbonyl (C=O) groups is 1. The Morgan fingerprint density at radius 2 is 1.91 bits per heavy atom. The van der Waals surface area contributed by atoms with Gasteiger partial charge in [0.25, 0.3) is 5.91 Å². The Kier molecular flexibility index (Phi) is 5.54. The number of para-hydroxylation sites is 1. The van der Waals surface area contributed by atoms with Gasteiger partial charge in [0.2, 0.25) is 0 Å². The minimum Gasteiger partial charge on any atom is -0.496 e. The van der Waals surface area contributed by atoms with Gasteiger partial charge in [0, 0.05) is 0 Å². The monoisotopic (exact) mass is 298 g/mol. The molecule has 0 aromatic heterocycles. The molecule has 2 rings (SSSR count). The molecule has 0 unspecified atom stereocenters. The second-order valence-corrected chi connectivity index (χ2v) is 4.40. The summed E-state index contributed by atoms with van der Waals surface area (Å²) in [6.45, 7) is 2.56. The van der Waals surface area contributed by atoms with Crippen molar-refractivity contribution < 1.29 is 14.3 Å². The Bertz CT molecular complexity index is 651. The van der Waals surface area contributed by atoms with E-state index in [1.165, 1.54) is 7.11 Å². The number of hydrogen-bond acceptors (Lipinski definition) is 4. The topological polar surface area (TPSA) is 59.9 Å². The first-order chi connectivity index (χ1) is 10.7. The molecule has 0 aliphatic heterocycles. The van der Waals surface area contributed by atoms with Gasteiger partial charge in [-0.3, -0.25) is 4.79 Å². The van der Waals surface area contributed by atoms with Crippen molar-refractivity contribution in [3.63, 3.8) is 0 Å². The average molecular weight is 298 g/mol. The number of methoxy groups -OCH3 is 1. The largest absolute Gasteiger partial charge is 0.496 e. The number of amides is 1. The first kappa shape index (κ1) is 15.6. The zero-order valence-corrected chi connectivity index (χ0v) is 12.6. The van der Waals surface area contributed by atoms with E-state index in [1.807, 2.05) is 31.2 Å². The lowest BCUT2D eigenvalue weighted by molar-refractivity contribution is 0.0952. The van der Waals surface area contributed by atoms with E-state index in [-0.39, 0.29) is 5.91 Å². The third-order valence-corrected chi connectivity index (χ3v) is 2.92. The molecule has 1 amide bonds. The van der Waals surface area contributed by atoms with Crippen molar-refractivity contribution in [2.45, 2.75) is 6.92 Å². The van der Waals surface area contributed by atoms with Gasteiger partial charge in [-0.05, 0) is 48.9 Å². The molecule has 2 aromatic carbocycles. The zero-order chi connectivity index (χ0) is 15.8. The Balaban J connectivity index is 1.98. The normalized spacial score (nSPS) is 10.5. The molecule has 22 heavy (non-hydrogen) atoms. The number of nitrogens with zero attached hydrogens (tertiary/aromatic N) is 1. The quantitative estimate of drug-likeness (QED) is 0.659. The van der Waals surface area contributed by atoms with Crippen molar-refractivity contribution >= 4 is 12.1 Å². The zero-order valence-electron chi connectivity index (χ0n) is 12.6. The number of rotatable bonds is 6. The predicted octanol–water partition coefficient (Wildman–Crippen LogP) is 2.86. The molecule has 0 aliphatic rings. The maximum atomic E-state index is 12.0. The number of hydrazone groups is 1. The molecule has 5 heteroatoms. The van der Waals surface area contributed by atoms with E-state index in [9.17, 15) is 4.79 Å². The van der Waals surface area contributed by atoms with Gasteiger partial charge in [0.15, 0.2) is 0 Å². The molecule has 0 bridgehead atoms. The fraction of sp³-hybridized carbons (Fsp3) is 0.176. The summed E-state index contributed by atoms with van der Waals surface area (Å²) in [6, 6.07) is 14.4. The standard InChI is InChI=1S/C17H18N2O3/c1-3-22-14-10-8-13(9-11-14)12-18-19-17(20)15-6-4-5-7-16(15)21-2/h4-12H,3H2,1-2H3,(H,19,20)/b18-12-. The second kappa shape index (κ2) is 7.83. The summed E-state index contributed by atoms with van der Waals surface area (Å²) in [5.74, 6) is 0.994. The third kappa shape index (κ3) is 4.09. The maximum absolute atomic E-state index is 12.0. The van der Waals surface area contributed by atoms with Crippen LogP contribution in [0.4, 0.5) is 0 Å². The summed E-state index contributed by atoms with van der Waals surface area (Å²) >= 11 is 0. The van der Waals surface area contributed by atoms with Crippen LogP contribution < -0.4 is 14.9 Å². The van der Waals surface area contributed by atoms with Gasteiger partial charge in [-0.15, -0.1) is 0 Å². The molecule has 5 nitrogen and oxygen atoms in total. The first-order valence-corrected chi connectivity index (χ1v) is 6.94. The van der Waals surface area contributed by atoms with E-state index in [0.29, 0.717) is 17.9 Å². The van der Waals surface area contributed by atoms with Crippen molar-refractivity contribution in [2.24, 2.45) is 5.10 Å². The van der Waals surface area contributed by atoms with E-state index >= 15 is 0 Å². The van der Waals surface area contributed by atoms with Crippen LogP contribution in [0.3, 0.4) is 0 Å². The van der Waals surface area contributed by atoms with E-state index in [4.69, 9.17) is 9.47 Å². The molecular weight excluding hydrogens is 280 g/mol. The molecule has 0 aliphatic carbocycles. The van der Waals surface area contributed by atoms with Gasteiger partial charge in [-0.2, -0.15) is 5.10 Å². The van der Waals surface area contributed by atoms with Crippen LogP contribution in [0.2, 0.25) is 0 Å². The molecule has 0 atom stereocenters. The van der Waals surface area contributed by atoms with Crippen molar-refractivity contribution in [1.82, 2.24) is 5.43 Å². The minimum atomic E-state index is -0.320. The second-order valence-electron chi connectivity index (χ2n) is 4.40. The van der Waals surface area contributed by atoms with Crippen LogP contribution in [0, 0.1) is 0 Å². The van der Waals surface area contributed by atoms with Crippen molar-refractivity contribution in [3.8, 4) is 11.5 Å². The lowest BCUT2D eigenvalue weighted by Crippen LogP contribution is -2.18. The highest BCUT2D eigenvalue weighted by Crippen LogP contribution is 2.16. The molecule has 0 fully saturated rings. The number of nitrogens with one attached hydrogen (secondary N) is 1. The van der Waals surface area contributed by atoms with Gasteiger partial charge in [-0.25, -0.2) is 5.43 Å². The van der Waals surface area contributed by atoms with Crippen LogP contribution in [0.25, 0.3) is 0 Å². The predicted molar refractivity (Wildman–Crippen MR) is 85.7 cm³/mol. The molecule has 1 N–H and O–H groups in total. The summed E-state index contributed by atoms with van der Waals surface area (Å²) < 4.78 is 10.5. The number of hydrogen-bond donors (Lipinski definition) is 1. The van der Waals surface area contributed by atoms with Crippen LogP contribution in [-0.2, 0) is 0 Å². The maximum Gasteiger partial charge on any atom is 0.275 e. The van der Waals surface area contributed by atoms with Gasteiger partial charge >= 0.3 is 0 Å². The highest BCUT2D eigenvalue weighted by Gasteiger charge is 2.09. The highest BCUT2D eigenvalue weighted by molar-refractivity contribution is 5.97. The Morgan fingerprint density at radius 3 is 2.59 bits per heavy atom. The highest BCUT2D eigenvalue weighted by atomic mass is 16.5. The van der Waals surface area contributed by atoms with Crippen LogP contribution in [0.1, 0.15) is 22.8 Å². The van der Waals surface area contributed by atoms with Crippen molar-refractivity contribution in [1.29, 1.82) is 0 Å². The SMILES string of the molecule is CCOc1ccc(/C=N\NC(=O)c2ccccc2OC)cc1. The molecular formula is C17H18N2O3. The Labute approximate surface area is 129 Å². The Hall–Kier alpha value is -2.82. The van der Waals surface area contributed by atoms with Crippen LogP contribution >= 0.6 is 0 Å². The van der Waals surface area contributed by atoms with Gasteiger partial charge in [0.05, 0.1) is 25.5 Å². The molecule has 0 heterocycles. The van der Waals surface area contributed by atoms with Gasteiger partial charge in [-0.1, -0.05) is 12.1 Å². The summed E-state index contributed by atoms with van der Waals surface area (Å²) in [5.41, 5.74) is 3.78. The fourth-order valence-corrected chi connectivity index (χ4v) is 1.87. The van der Waals surface area contributed by atoms with Crippen molar-refractivity contribution in [3.05, 3.63) is 59.7 Å². The first-order valence-electron chi connectivity index (χ1n) is 6.94. The van der Waals surface area contributed by atoms with Crippen molar-refractivity contribution in [2.75, 3.05) is 13.7 Å². The number of benzene rings is 2. The van der Waals surface area contributed by atoms with E-state index in [0.717, 1.165) is 11.3 Å². The van der Waals surface area contributed by atoms with Crippen LogP contribution in [0.15, 0.2) is 53.6 Å². The molecule has 0 saturated heterocycles. The van der Waals surface area contributed by atoms with Crippen LogP contribution in [-0.4, -0.2) is 25.8 Å². The molecule has 0 radical (unpaired) electrons. The average Bonchev–Trinajstić information content (AvgIpc) is 2.56. The fourth-order valence-electron chi connectivity index (χ4n) is 1.87. The van der Waals surface area contributed by atoms with Crippen LogP contribution in [0.5, 0.6) is 11.5 Å². The summed E-state index contributed by atoms with van der Waals surface area (Å²) in [7, 11) is 1.52. The molecule has 0 saturated carbocycles. The van der Waals surface area contributed by atoms with Gasteiger partial charge < -0.3 is 9.47 Å². The molecule has 2 aromatic rings. The summed E-state index contributed by atoms with van der Waals surface area (Å²) in [5, 5.41) is 3.95.